The number of aliphatic imine (C=N–C) groups is 1. The molecule has 1 N–H and O–H groups in total. The number of nitrogens with one attached hydrogen (secondary N) is 1. The average Bonchev–Trinajstić information content (AvgIpc) is 2.61. The lowest BCUT2D eigenvalue weighted by Crippen LogP contribution is -2.30. The van der Waals surface area contributed by atoms with E-state index in [9.17, 15) is 0 Å². The van der Waals surface area contributed by atoms with Crippen molar-refractivity contribution in [3.8, 4) is 0 Å². The Labute approximate surface area is 108 Å². The van der Waals surface area contributed by atoms with E-state index in [1.165, 1.54) is 23.8 Å². The zero-order valence-corrected chi connectivity index (χ0v) is 12.5. The van der Waals surface area contributed by atoms with Gasteiger partial charge in [0.15, 0.2) is 5.17 Å². The largest absolute Gasteiger partial charge is 0.362 e. The lowest BCUT2D eigenvalue weighted by molar-refractivity contribution is 0.575. The summed E-state index contributed by atoms with van der Waals surface area (Å²) in [4.78, 5) is 4.58. The Morgan fingerprint density at radius 3 is 2.88 bits per heavy atom. The number of nitrogens with zero attached hydrogens (tertiary/aromatic N) is 1. The second kappa shape index (κ2) is 7.49. The predicted molar refractivity (Wildman–Crippen MR) is 78.7 cm³/mol. The first kappa shape index (κ1) is 14.2. The first-order chi connectivity index (χ1) is 7.61. The summed E-state index contributed by atoms with van der Waals surface area (Å²) in [7, 11) is 0. The van der Waals surface area contributed by atoms with E-state index in [1.54, 1.807) is 0 Å². The van der Waals surface area contributed by atoms with Crippen LogP contribution in [-0.4, -0.2) is 35.0 Å². The van der Waals surface area contributed by atoms with Gasteiger partial charge in [0.05, 0.1) is 6.54 Å². The van der Waals surface area contributed by atoms with Crippen LogP contribution in [-0.2, 0) is 0 Å². The molecule has 16 heavy (non-hydrogen) atoms. The molecule has 0 fully saturated rings. The summed E-state index contributed by atoms with van der Waals surface area (Å²) < 4.78 is 0. The van der Waals surface area contributed by atoms with E-state index in [0.29, 0.717) is 11.3 Å². The highest BCUT2D eigenvalue weighted by Crippen LogP contribution is 2.25. The summed E-state index contributed by atoms with van der Waals surface area (Å²) in [6, 6.07) is 0.552. The van der Waals surface area contributed by atoms with Gasteiger partial charge in [-0.2, -0.15) is 11.8 Å². The molecule has 94 valence electrons. The van der Waals surface area contributed by atoms with E-state index in [0.717, 1.165) is 12.5 Å². The first-order valence-corrected chi connectivity index (χ1v) is 8.35. The third-order valence-electron chi connectivity index (χ3n) is 2.58. The smallest absolute Gasteiger partial charge is 0.157 e. The van der Waals surface area contributed by atoms with Crippen molar-refractivity contribution in [2.75, 3.05) is 18.6 Å². The molecule has 0 amide bonds. The quantitative estimate of drug-likeness (QED) is 0.793. The summed E-state index contributed by atoms with van der Waals surface area (Å²) in [6.45, 7) is 7.82. The van der Waals surface area contributed by atoms with Crippen LogP contribution in [0.1, 0.15) is 33.6 Å². The summed E-state index contributed by atoms with van der Waals surface area (Å²) in [5, 5.41) is 5.39. The highest BCUT2D eigenvalue weighted by atomic mass is 32.2. The molecule has 1 aliphatic rings. The van der Waals surface area contributed by atoms with Crippen molar-refractivity contribution in [2.45, 2.75) is 44.9 Å². The summed E-state index contributed by atoms with van der Waals surface area (Å²) >= 11 is 3.84. The molecule has 0 bridgehead atoms. The number of thioether (sulfide) groups is 2. The van der Waals surface area contributed by atoms with Crippen molar-refractivity contribution in [2.24, 2.45) is 10.9 Å². The summed E-state index contributed by atoms with van der Waals surface area (Å²) in [6.07, 6.45) is 4.65. The van der Waals surface area contributed by atoms with E-state index < -0.39 is 0 Å². The minimum atomic E-state index is 0.552. The third kappa shape index (κ3) is 5.48. The van der Waals surface area contributed by atoms with Crippen LogP contribution in [0.2, 0.25) is 0 Å². The van der Waals surface area contributed by atoms with Crippen LogP contribution in [0.3, 0.4) is 0 Å². The molecule has 4 heteroatoms. The van der Waals surface area contributed by atoms with Crippen molar-refractivity contribution < 1.29 is 0 Å². The lowest BCUT2D eigenvalue weighted by Gasteiger charge is -2.15. The predicted octanol–water partition coefficient (Wildman–Crippen LogP) is 3.24. The van der Waals surface area contributed by atoms with Crippen LogP contribution < -0.4 is 5.32 Å². The molecule has 0 aromatic heterocycles. The SMILES string of the molecule is CSCCC(C)NC1=NCC(CC(C)C)S1. The zero-order chi connectivity index (χ0) is 12.0. The van der Waals surface area contributed by atoms with Crippen LogP contribution in [0.25, 0.3) is 0 Å². The number of hydrogen-bond donors (Lipinski definition) is 1. The molecule has 2 atom stereocenters. The maximum Gasteiger partial charge on any atom is 0.157 e. The van der Waals surface area contributed by atoms with Gasteiger partial charge >= 0.3 is 0 Å². The molecule has 0 radical (unpaired) electrons. The monoisotopic (exact) mass is 260 g/mol. The first-order valence-electron chi connectivity index (χ1n) is 6.08. The minimum Gasteiger partial charge on any atom is -0.362 e. The summed E-state index contributed by atoms with van der Waals surface area (Å²) in [5.74, 6) is 2.00. The van der Waals surface area contributed by atoms with Gasteiger partial charge in [0, 0.05) is 11.3 Å². The molecule has 2 unspecified atom stereocenters. The average molecular weight is 260 g/mol. The second-order valence-corrected chi connectivity index (χ2v) is 7.12. The molecule has 0 aliphatic carbocycles. The Morgan fingerprint density at radius 1 is 1.50 bits per heavy atom. The van der Waals surface area contributed by atoms with Crippen molar-refractivity contribution in [3.05, 3.63) is 0 Å². The fourth-order valence-electron chi connectivity index (χ4n) is 1.72. The topological polar surface area (TPSA) is 24.4 Å². The van der Waals surface area contributed by atoms with Gasteiger partial charge in [-0.1, -0.05) is 25.6 Å². The van der Waals surface area contributed by atoms with Crippen LogP contribution in [0, 0.1) is 5.92 Å². The van der Waals surface area contributed by atoms with Crippen LogP contribution in [0.5, 0.6) is 0 Å². The van der Waals surface area contributed by atoms with Crippen molar-refractivity contribution in [1.29, 1.82) is 0 Å². The third-order valence-corrected chi connectivity index (χ3v) is 4.37. The highest BCUT2D eigenvalue weighted by molar-refractivity contribution is 8.14. The van der Waals surface area contributed by atoms with Gasteiger partial charge in [-0.3, -0.25) is 4.99 Å². The minimum absolute atomic E-state index is 0.552. The molecule has 0 saturated heterocycles. The highest BCUT2D eigenvalue weighted by Gasteiger charge is 2.21. The van der Waals surface area contributed by atoms with E-state index >= 15 is 0 Å². The van der Waals surface area contributed by atoms with Gasteiger partial charge < -0.3 is 5.32 Å². The van der Waals surface area contributed by atoms with E-state index in [4.69, 9.17) is 0 Å². The number of rotatable bonds is 6. The summed E-state index contributed by atoms with van der Waals surface area (Å²) in [5.41, 5.74) is 0. The lowest BCUT2D eigenvalue weighted by atomic mass is 10.1. The molecule has 0 aromatic rings. The van der Waals surface area contributed by atoms with E-state index in [1.807, 2.05) is 23.5 Å². The Morgan fingerprint density at radius 2 is 2.25 bits per heavy atom. The van der Waals surface area contributed by atoms with Crippen molar-refractivity contribution in [3.63, 3.8) is 0 Å². The maximum absolute atomic E-state index is 4.58. The maximum atomic E-state index is 4.58. The van der Waals surface area contributed by atoms with E-state index in [-0.39, 0.29) is 0 Å². The molecular formula is C12H24N2S2. The Bertz CT molecular complexity index is 229. The molecule has 1 rings (SSSR count). The van der Waals surface area contributed by atoms with Gasteiger partial charge in [-0.05, 0) is 37.7 Å². The van der Waals surface area contributed by atoms with Crippen LogP contribution in [0.15, 0.2) is 4.99 Å². The molecule has 2 nitrogen and oxygen atoms in total. The van der Waals surface area contributed by atoms with Gasteiger partial charge in [0.2, 0.25) is 0 Å². The van der Waals surface area contributed by atoms with Crippen LogP contribution >= 0.6 is 23.5 Å². The number of hydrogen-bond acceptors (Lipinski definition) is 4. The fraction of sp³-hybridized carbons (Fsp3) is 0.917. The molecule has 0 spiro atoms. The molecule has 1 heterocycles. The normalized spacial score (nSPS) is 22.3. The van der Waals surface area contributed by atoms with Gasteiger partial charge in [0.1, 0.15) is 0 Å². The van der Waals surface area contributed by atoms with Crippen molar-refractivity contribution in [1.82, 2.24) is 5.32 Å². The fourth-order valence-corrected chi connectivity index (χ4v) is 3.68. The number of amidine groups is 1. The standard InChI is InChI=1S/C12H24N2S2/c1-9(2)7-11-8-13-12(16-11)14-10(3)5-6-15-4/h9-11H,5-8H2,1-4H3,(H,13,14). The van der Waals surface area contributed by atoms with E-state index in [2.05, 4.69) is 37.3 Å². The van der Waals surface area contributed by atoms with Crippen LogP contribution in [0.4, 0.5) is 0 Å². The van der Waals surface area contributed by atoms with Crippen molar-refractivity contribution >= 4 is 28.7 Å². The molecule has 1 aliphatic heterocycles. The molecule has 0 saturated carbocycles. The Hall–Kier alpha value is 0.170. The second-order valence-electron chi connectivity index (χ2n) is 4.84. The Balaban J connectivity index is 2.20. The van der Waals surface area contributed by atoms with Gasteiger partial charge in [0.25, 0.3) is 0 Å². The Kier molecular flexibility index (Phi) is 6.66. The zero-order valence-electron chi connectivity index (χ0n) is 10.8. The molecular weight excluding hydrogens is 236 g/mol. The van der Waals surface area contributed by atoms with Gasteiger partial charge in [-0.15, -0.1) is 0 Å². The van der Waals surface area contributed by atoms with Gasteiger partial charge in [-0.25, -0.2) is 0 Å². The molecule has 0 aromatic carbocycles.